The second-order valence-electron chi connectivity index (χ2n) is 5.02. The Kier molecular flexibility index (Phi) is 5.62. The summed E-state index contributed by atoms with van der Waals surface area (Å²) in [6.07, 6.45) is 7.86. The molecule has 0 heterocycles. The molecule has 2 nitrogen and oxygen atoms in total. The lowest BCUT2D eigenvalue weighted by molar-refractivity contribution is 0.128. The van der Waals surface area contributed by atoms with Crippen LogP contribution >= 0.6 is 0 Å². The molecule has 2 N–H and O–H groups in total. The van der Waals surface area contributed by atoms with Crippen molar-refractivity contribution in [3.05, 3.63) is 0 Å². The van der Waals surface area contributed by atoms with Gasteiger partial charge in [-0.1, -0.05) is 13.3 Å². The first-order valence-corrected chi connectivity index (χ1v) is 6.54. The van der Waals surface area contributed by atoms with Crippen LogP contribution in [-0.4, -0.2) is 19.8 Å². The van der Waals surface area contributed by atoms with Crippen molar-refractivity contribution in [1.82, 2.24) is 0 Å². The fraction of sp³-hybridized carbons (Fsp3) is 1.00. The van der Waals surface area contributed by atoms with E-state index in [1.807, 2.05) is 0 Å². The Morgan fingerprint density at radius 3 is 2.73 bits per heavy atom. The van der Waals surface area contributed by atoms with Crippen molar-refractivity contribution in [2.24, 2.45) is 17.1 Å². The Hall–Kier alpha value is -0.0800. The molecule has 1 aliphatic carbocycles. The zero-order valence-corrected chi connectivity index (χ0v) is 10.4. The van der Waals surface area contributed by atoms with Gasteiger partial charge in [0.2, 0.25) is 0 Å². The van der Waals surface area contributed by atoms with Gasteiger partial charge < -0.3 is 10.5 Å². The summed E-state index contributed by atoms with van der Waals surface area (Å²) < 4.78 is 5.40. The molecule has 2 unspecified atom stereocenters. The molecule has 1 fully saturated rings. The van der Waals surface area contributed by atoms with E-state index in [0.717, 1.165) is 25.7 Å². The van der Waals surface area contributed by atoms with Gasteiger partial charge in [0.1, 0.15) is 0 Å². The van der Waals surface area contributed by atoms with Gasteiger partial charge >= 0.3 is 0 Å². The Balaban J connectivity index is 2.28. The number of nitrogens with two attached hydrogens (primary N) is 1. The van der Waals surface area contributed by atoms with Crippen molar-refractivity contribution < 1.29 is 4.74 Å². The summed E-state index contributed by atoms with van der Waals surface area (Å²) in [7, 11) is 0. The van der Waals surface area contributed by atoms with Gasteiger partial charge in [-0.05, 0) is 56.9 Å². The highest BCUT2D eigenvalue weighted by Crippen LogP contribution is 2.45. The molecule has 1 aliphatic rings. The van der Waals surface area contributed by atoms with Crippen molar-refractivity contribution in [2.45, 2.75) is 52.4 Å². The van der Waals surface area contributed by atoms with E-state index in [2.05, 4.69) is 13.8 Å². The van der Waals surface area contributed by atoms with Crippen LogP contribution in [0.5, 0.6) is 0 Å². The van der Waals surface area contributed by atoms with Crippen molar-refractivity contribution in [2.75, 3.05) is 19.8 Å². The maximum Gasteiger partial charge on any atom is 0.0466 e. The van der Waals surface area contributed by atoms with E-state index in [9.17, 15) is 0 Å². The minimum atomic E-state index is 0.456. The van der Waals surface area contributed by atoms with E-state index in [0.29, 0.717) is 5.41 Å². The quantitative estimate of drug-likeness (QED) is 0.660. The van der Waals surface area contributed by atoms with Crippen molar-refractivity contribution in [3.8, 4) is 0 Å². The van der Waals surface area contributed by atoms with Crippen LogP contribution in [0.4, 0.5) is 0 Å². The highest BCUT2D eigenvalue weighted by Gasteiger charge is 2.36. The maximum absolute atomic E-state index is 5.96. The van der Waals surface area contributed by atoms with Gasteiger partial charge in [0.25, 0.3) is 0 Å². The third kappa shape index (κ3) is 3.76. The molecule has 0 radical (unpaired) electrons. The Labute approximate surface area is 94.6 Å². The van der Waals surface area contributed by atoms with E-state index in [4.69, 9.17) is 10.5 Å². The zero-order chi connectivity index (χ0) is 11.1. The Morgan fingerprint density at radius 1 is 1.40 bits per heavy atom. The topological polar surface area (TPSA) is 35.2 Å². The molecule has 0 spiro atoms. The van der Waals surface area contributed by atoms with Gasteiger partial charge in [0.15, 0.2) is 0 Å². The fourth-order valence-electron chi connectivity index (χ4n) is 2.88. The van der Waals surface area contributed by atoms with E-state index < -0.39 is 0 Å². The van der Waals surface area contributed by atoms with Crippen LogP contribution in [0.15, 0.2) is 0 Å². The van der Waals surface area contributed by atoms with Crippen LogP contribution in [0.3, 0.4) is 0 Å². The lowest BCUT2D eigenvalue weighted by atomic mass is 9.80. The molecule has 15 heavy (non-hydrogen) atoms. The van der Waals surface area contributed by atoms with Crippen LogP contribution in [0, 0.1) is 11.3 Å². The van der Waals surface area contributed by atoms with Crippen LogP contribution in [0.25, 0.3) is 0 Å². The van der Waals surface area contributed by atoms with Gasteiger partial charge in [0.05, 0.1) is 0 Å². The second-order valence-corrected chi connectivity index (χ2v) is 5.02. The predicted octanol–water partition coefficient (Wildman–Crippen LogP) is 2.96. The van der Waals surface area contributed by atoms with Crippen LogP contribution in [0.1, 0.15) is 52.4 Å². The summed E-state index contributed by atoms with van der Waals surface area (Å²) in [6.45, 7) is 6.98. The van der Waals surface area contributed by atoms with E-state index in [1.54, 1.807) is 0 Å². The number of rotatable bonds is 7. The average Bonchev–Trinajstić information content (AvgIpc) is 2.69. The maximum atomic E-state index is 5.96. The van der Waals surface area contributed by atoms with Crippen LogP contribution < -0.4 is 5.73 Å². The largest absolute Gasteiger partial charge is 0.382 e. The molecule has 0 bridgehead atoms. The highest BCUT2D eigenvalue weighted by molar-refractivity contribution is 4.89. The van der Waals surface area contributed by atoms with Gasteiger partial charge in [-0.15, -0.1) is 0 Å². The van der Waals surface area contributed by atoms with Gasteiger partial charge in [-0.3, -0.25) is 0 Å². The predicted molar refractivity (Wildman–Crippen MR) is 64.8 cm³/mol. The van der Waals surface area contributed by atoms with E-state index >= 15 is 0 Å². The molecule has 0 aromatic heterocycles. The van der Waals surface area contributed by atoms with Gasteiger partial charge in [-0.25, -0.2) is 0 Å². The average molecular weight is 213 g/mol. The van der Waals surface area contributed by atoms with Crippen LogP contribution in [0.2, 0.25) is 0 Å². The first-order valence-electron chi connectivity index (χ1n) is 6.54. The molecule has 1 rings (SSSR count). The third-order valence-corrected chi connectivity index (χ3v) is 4.01. The summed E-state index contributed by atoms with van der Waals surface area (Å²) in [5, 5.41) is 0. The van der Waals surface area contributed by atoms with Gasteiger partial charge in [-0.2, -0.15) is 0 Å². The lowest BCUT2D eigenvalue weighted by Crippen LogP contribution is -2.28. The Morgan fingerprint density at radius 2 is 2.20 bits per heavy atom. The number of ether oxygens (including phenoxy) is 1. The molecule has 0 aromatic carbocycles. The van der Waals surface area contributed by atoms with E-state index in [-0.39, 0.29) is 0 Å². The first-order chi connectivity index (χ1) is 7.26. The molecule has 90 valence electrons. The Bertz CT molecular complexity index is 172. The molecule has 0 amide bonds. The molecular formula is C13H27NO. The lowest BCUT2D eigenvalue weighted by Gasteiger charge is -2.27. The van der Waals surface area contributed by atoms with Crippen molar-refractivity contribution >= 4 is 0 Å². The minimum Gasteiger partial charge on any atom is -0.382 e. The van der Waals surface area contributed by atoms with Crippen molar-refractivity contribution in [1.29, 1.82) is 0 Å². The summed E-state index contributed by atoms with van der Waals surface area (Å²) in [5.74, 6) is 0.931. The zero-order valence-electron chi connectivity index (χ0n) is 10.4. The summed E-state index contributed by atoms with van der Waals surface area (Å²) in [4.78, 5) is 0. The van der Waals surface area contributed by atoms with E-state index in [1.165, 1.54) is 38.5 Å². The third-order valence-electron chi connectivity index (χ3n) is 4.01. The summed E-state index contributed by atoms with van der Waals surface area (Å²) >= 11 is 0. The molecule has 0 aromatic rings. The standard InChI is InChI=1S/C13H27NO/c1-3-12-6-8-13(10-12,11-14)7-5-9-15-4-2/h12H,3-11,14H2,1-2H3. The molecule has 2 heteroatoms. The number of hydrogen-bond donors (Lipinski definition) is 1. The fourth-order valence-corrected chi connectivity index (χ4v) is 2.88. The first kappa shape index (κ1) is 13.0. The SMILES string of the molecule is CCOCCCC1(CN)CCC(CC)C1. The van der Waals surface area contributed by atoms with Gasteiger partial charge in [0, 0.05) is 13.2 Å². The molecule has 0 aliphatic heterocycles. The second kappa shape index (κ2) is 6.49. The molecular weight excluding hydrogens is 186 g/mol. The summed E-state index contributed by atoms with van der Waals surface area (Å²) in [5.41, 5.74) is 6.42. The summed E-state index contributed by atoms with van der Waals surface area (Å²) in [6, 6.07) is 0. The molecule has 1 saturated carbocycles. The van der Waals surface area contributed by atoms with Crippen LogP contribution in [-0.2, 0) is 4.74 Å². The monoisotopic (exact) mass is 213 g/mol. The molecule has 0 saturated heterocycles. The smallest absolute Gasteiger partial charge is 0.0466 e. The highest BCUT2D eigenvalue weighted by atomic mass is 16.5. The number of hydrogen-bond acceptors (Lipinski definition) is 2. The molecule has 2 atom stereocenters. The van der Waals surface area contributed by atoms with Crippen molar-refractivity contribution in [3.63, 3.8) is 0 Å². The minimum absolute atomic E-state index is 0.456. The normalized spacial score (nSPS) is 31.0.